The van der Waals surface area contributed by atoms with Gasteiger partial charge in [-0.05, 0) is 44.9 Å². The molecule has 2 N–H and O–H groups in total. The number of halogens is 1. The number of piperidine rings is 1. The normalized spacial score (nSPS) is 19.9. The highest BCUT2D eigenvalue weighted by molar-refractivity contribution is 5.95. The van der Waals surface area contributed by atoms with Gasteiger partial charge in [0.15, 0.2) is 11.5 Å². The van der Waals surface area contributed by atoms with E-state index in [2.05, 4.69) is 0 Å². The lowest BCUT2D eigenvalue weighted by Crippen LogP contribution is -2.51. The minimum absolute atomic E-state index is 0. The summed E-state index contributed by atoms with van der Waals surface area (Å²) in [6, 6.07) is 5.33. The summed E-state index contributed by atoms with van der Waals surface area (Å²) < 4.78 is 16.6. The molecule has 1 aliphatic heterocycles. The van der Waals surface area contributed by atoms with Crippen LogP contribution < -0.4 is 15.2 Å². The van der Waals surface area contributed by atoms with Crippen molar-refractivity contribution in [2.45, 2.75) is 38.8 Å². The van der Waals surface area contributed by atoms with Gasteiger partial charge < -0.3 is 24.8 Å². The predicted molar refractivity (Wildman–Crippen MR) is 99.9 cm³/mol. The van der Waals surface area contributed by atoms with Gasteiger partial charge in [-0.15, -0.1) is 12.4 Å². The van der Waals surface area contributed by atoms with Gasteiger partial charge in [0.1, 0.15) is 0 Å². The van der Waals surface area contributed by atoms with Gasteiger partial charge >= 0.3 is 0 Å². The van der Waals surface area contributed by atoms with Gasteiger partial charge in [0.25, 0.3) is 5.91 Å². The van der Waals surface area contributed by atoms with E-state index in [-0.39, 0.29) is 30.5 Å². The zero-order valence-corrected chi connectivity index (χ0v) is 16.0. The van der Waals surface area contributed by atoms with E-state index in [1.54, 1.807) is 25.3 Å². The number of nitrogens with two attached hydrogens (primary N) is 1. The first-order chi connectivity index (χ1) is 11.6. The number of methoxy groups -OCH3 is 1. The van der Waals surface area contributed by atoms with Crippen molar-refractivity contribution < 1.29 is 19.0 Å². The van der Waals surface area contributed by atoms with Crippen LogP contribution >= 0.6 is 12.4 Å². The molecule has 2 unspecified atom stereocenters. The second-order valence-electron chi connectivity index (χ2n) is 5.80. The fourth-order valence-electron chi connectivity index (χ4n) is 3.07. The van der Waals surface area contributed by atoms with Crippen LogP contribution in [0.3, 0.4) is 0 Å². The molecule has 25 heavy (non-hydrogen) atoms. The smallest absolute Gasteiger partial charge is 0.254 e. The Labute approximate surface area is 156 Å². The quantitative estimate of drug-likeness (QED) is 0.795. The number of amides is 1. The Hall–Kier alpha value is -1.50. The predicted octanol–water partition coefficient (Wildman–Crippen LogP) is 2.48. The van der Waals surface area contributed by atoms with Gasteiger partial charge in [0.2, 0.25) is 0 Å². The molecular weight excluding hydrogens is 344 g/mol. The molecule has 0 radical (unpaired) electrons. The molecule has 1 aromatic carbocycles. The summed E-state index contributed by atoms with van der Waals surface area (Å²) in [6.07, 6.45) is 1.77. The summed E-state index contributed by atoms with van der Waals surface area (Å²) in [6.45, 7) is 5.97. The second-order valence-corrected chi connectivity index (χ2v) is 5.80. The summed E-state index contributed by atoms with van der Waals surface area (Å²) in [5, 5.41) is 0. The Kier molecular flexibility index (Phi) is 9.03. The van der Waals surface area contributed by atoms with Crippen molar-refractivity contribution in [3.63, 3.8) is 0 Å². The van der Waals surface area contributed by atoms with E-state index in [4.69, 9.17) is 19.9 Å². The third-order valence-corrected chi connectivity index (χ3v) is 4.32. The number of carbonyl (C=O) groups excluding carboxylic acids is 1. The lowest BCUT2D eigenvalue weighted by atomic mass is 9.98. The lowest BCUT2D eigenvalue weighted by Gasteiger charge is -2.38. The first-order valence-corrected chi connectivity index (χ1v) is 8.58. The van der Waals surface area contributed by atoms with Crippen LogP contribution in [-0.2, 0) is 4.74 Å². The third-order valence-electron chi connectivity index (χ3n) is 4.32. The van der Waals surface area contributed by atoms with Crippen molar-refractivity contribution in [2.24, 2.45) is 5.73 Å². The van der Waals surface area contributed by atoms with Crippen molar-refractivity contribution in [2.75, 3.05) is 33.4 Å². The number of likely N-dealkylation sites (tertiary alicyclic amines) is 1. The van der Waals surface area contributed by atoms with Crippen LogP contribution in [0.5, 0.6) is 11.5 Å². The number of rotatable bonds is 7. The van der Waals surface area contributed by atoms with Crippen LogP contribution in [-0.4, -0.2) is 56.4 Å². The summed E-state index contributed by atoms with van der Waals surface area (Å²) >= 11 is 0. The zero-order valence-electron chi connectivity index (χ0n) is 15.2. The van der Waals surface area contributed by atoms with E-state index < -0.39 is 0 Å². The minimum Gasteiger partial charge on any atom is -0.490 e. The minimum atomic E-state index is -0.0241. The molecule has 0 spiro atoms. The Bertz CT molecular complexity index is 556. The molecular formula is C18H29ClN2O4. The average molecular weight is 373 g/mol. The maximum Gasteiger partial charge on any atom is 0.254 e. The van der Waals surface area contributed by atoms with Crippen molar-refractivity contribution in [3.05, 3.63) is 23.8 Å². The highest BCUT2D eigenvalue weighted by atomic mass is 35.5. The lowest BCUT2D eigenvalue weighted by molar-refractivity contribution is 0.0139. The van der Waals surface area contributed by atoms with Crippen LogP contribution in [0.4, 0.5) is 0 Å². The van der Waals surface area contributed by atoms with Gasteiger partial charge in [0, 0.05) is 31.8 Å². The van der Waals surface area contributed by atoms with Crippen LogP contribution in [0.25, 0.3) is 0 Å². The molecule has 1 amide bonds. The van der Waals surface area contributed by atoms with Gasteiger partial charge in [-0.1, -0.05) is 0 Å². The van der Waals surface area contributed by atoms with Crippen LogP contribution in [0.15, 0.2) is 18.2 Å². The molecule has 0 saturated carbocycles. The number of hydrogen-bond donors (Lipinski definition) is 1. The standard InChI is InChI=1S/C18H28N2O4.ClH/c1-4-23-16-7-6-13(10-17(16)24-5-2)18(21)20-9-8-15(22-3)11-14(20)12-19;/h6-7,10,14-15H,4-5,8-9,11-12,19H2,1-3H3;1H. The number of nitrogens with zero attached hydrogens (tertiary/aromatic N) is 1. The zero-order chi connectivity index (χ0) is 17.5. The molecule has 7 heteroatoms. The average Bonchev–Trinajstić information content (AvgIpc) is 2.62. The Morgan fingerprint density at radius 3 is 2.52 bits per heavy atom. The summed E-state index contributed by atoms with van der Waals surface area (Å²) in [7, 11) is 1.70. The van der Waals surface area contributed by atoms with E-state index >= 15 is 0 Å². The summed E-state index contributed by atoms with van der Waals surface area (Å²) in [4.78, 5) is 14.8. The summed E-state index contributed by atoms with van der Waals surface area (Å²) in [5.74, 6) is 1.23. The first kappa shape index (κ1) is 21.5. The van der Waals surface area contributed by atoms with E-state index in [1.165, 1.54) is 0 Å². The van der Waals surface area contributed by atoms with Crippen LogP contribution in [0.2, 0.25) is 0 Å². The summed E-state index contributed by atoms with van der Waals surface area (Å²) in [5.41, 5.74) is 6.47. The number of ether oxygens (including phenoxy) is 3. The van der Waals surface area contributed by atoms with Crippen molar-refractivity contribution in [3.8, 4) is 11.5 Å². The van der Waals surface area contributed by atoms with E-state index in [9.17, 15) is 4.79 Å². The fraction of sp³-hybridized carbons (Fsp3) is 0.611. The van der Waals surface area contributed by atoms with E-state index in [1.807, 2.05) is 18.7 Å². The van der Waals surface area contributed by atoms with Gasteiger partial charge in [0.05, 0.1) is 19.3 Å². The second kappa shape index (κ2) is 10.5. The Morgan fingerprint density at radius 1 is 1.24 bits per heavy atom. The van der Waals surface area contributed by atoms with Gasteiger partial charge in [-0.3, -0.25) is 4.79 Å². The molecule has 142 valence electrons. The van der Waals surface area contributed by atoms with Crippen LogP contribution in [0.1, 0.15) is 37.0 Å². The molecule has 0 bridgehead atoms. The molecule has 2 rings (SSSR count). The molecule has 2 atom stereocenters. The third kappa shape index (κ3) is 5.23. The van der Waals surface area contributed by atoms with E-state index in [0.29, 0.717) is 43.4 Å². The highest BCUT2D eigenvalue weighted by Gasteiger charge is 2.31. The van der Waals surface area contributed by atoms with Crippen molar-refractivity contribution in [1.82, 2.24) is 4.90 Å². The fourth-order valence-corrected chi connectivity index (χ4v) is 3.07. The molecule has 1 aliphatic rings. The van der Waals surface area contributed by atoms with Crippen molar-refractivity contribution in [1.29, 1.82) is 0 Å². The van der Waals surface area contributed by atoms with Gasteiger partial charge in [-0.25, -0.2) is 0 Å². The molecule has 1 aromatic rings. The number of carbonyl (C=O) groups is 1. The number of benzene rings is 1. The largest absolute Gasteiger partial charge is 0.490 e. The molecule has 1 heterocycles. The Balaban J connectivity index is 0.00000312. The maximum atomic E-state index is 12.9. The Morgan fingerprint density at radius 2 is 1.92 bits per heavy atom. The van der Waals surface area contributed by atoms with Crippen LogP contribution in [0, 0.1) is 0 Å². The number of hydrogen-bond acceptors (Lipinski definition) is 5. The first-order valence-electron chi connectivity index (χ1n) is 8.58. The molecule has 0 aliphatic carbocycles. The molecule has 1 fully saturated rings. The molecule has 0 aromatic heterocycles. The SMILES string of the molecule is CCOc1ccc(C(=O)N2CCC(OC)CC2CN)cc1OCC.Cl. The topological polar surface area (TPSA) is 74.0 Å². The molecule has 1 saturated heterocycles. The van der Waals surface area contributed by atoms with Gasteiger partial charge in [-0.2, -0.15) is 0 Å². The monoisotopic (exact) mass is 372 g/mol. The highest BCUT2D eigenvalue weighted by Crippen LogP contribution is 2.30. The van der Waals surface area contributed by atoms with E-state index in [0.717, 1.165) is 12.8 Å². The molecule has 6 nitrogen and oxygen atoms in total. The maximum absolute atomic E-state index is 12.9. The van der Waals surface area contributed by atoms with Crippen molar-refractivity contribution >= 4 is 18.3 Å².